The molecule has 0 aliphatic heterocycles. The molecule has 0 saturated carbocycles. The minimum absolute atomic E-state index is 0.00712. The van der Waals surface area contributed by atoms with Gasteiger partial charge in [-0.3, -0.25) is 10.1 Å². The predicted octanol–water partition coefficient (Wildman–Crippen LogP) is 4.37. The lowest BCUT2D eigenvalue weighted by Gasteiger charge is -2.07. The third-order valence-electron chi connectivity index (χ3n) is 3.19. The van der Waals surface area contributed by atoms with Gasteiger partial charge < -0.3 is 9.15 Å². The van der Waals surface area contributed by atoms with Crippen molar-refractivity contribution in [2.45, 2.75) is 6.92 Å². The molecule has 1 amide bonds. The third kappa shape index (κ3) is 4.49. The quantitative estimate of drug-likeness (QED) is 0.714. The van der Waals surface area contributed by atoms with Crippen LogP contribution in [0.4, 0.5) is 6.01 Å². The van der Waals surface area contributed by atoms with E-state index in [-0.39, 0.29) is 12.6 Å². The lowest BCUT2D eigenvalue weighted by atomic mass is 10.1. The van der Waals surface area contributed by atoms with Gasteiger partial charge in [0.05, 0.1) is 5.02 Å². The maximum absolute atomic E-state index is 11.9. The molecule has 25 heavy (non-hydrogen) atoms. The maximum Gasteiger partial charge on any atom is 0.322 e. The van der Waals surface area contributed by atoms with Crippen molar-refractivity contribution in [2.75, 3.05) is 11.9 Å². The molecule has 2 aromatic carbocycles. The molecule has 0 saturated heterocycles. The summed E-state index contributed by atoms with van der Waals surface area (Å²) < 4.78 is 10.8. The fourth-order valence-corrected chi connectivity index (χ4v) is 2.52. The number of carbonyl (C=O) groups excluding carboxylic acids is 1. The molecule has 3 rings (SSSR count). The highest BCUT2D eigenvalue weighted by Gasteiger charge is 2.12. The third-order valence-corrected chi connectivity index (χ3v) is 3.72. The highest BCUT2D eigenvalue weighted by atomic mass is 35.5. The molecule has 0 radical (unpaired) electrons. The van der Waals surface area contributed by atoms with Gasteiger partial charge in [-0.25, -0.2) is 0 Å². The average Bonchev–Trinajstić information content (AvgIpc) is 3.02. The van der Waals surface area contributed by atoms with Crippen LogP contribution in [0.2, 0.25) is 10.0 Å². The van der Waals surface area contributed by atoms with Crippen molar-refractivity contribution in [3.8, 4) is 17.2 Å². The second-order valence-corrected chi connectivity index (χ2v) is 6.04. The monoisotopic (exact) mass is 377 g/mol. The van der Waals surface area contributed by atoms with Gasteiger partial charge in [0.1, 0.15) is 5.75 Å². The van der Waals surface area contributed by atoms with Crippen LogP contribution >= 0.6 is 23.2 Å². The number of ether oxygens (including phenoxy) is 1. The van der Waals surface area contributed by atoms with Crippen LogP contribution in [0.1, 0.15) is 5.56 Å². The SMILES string of the molecule is Cc1cccc(-c2nnc(NC(=O)COc3ccc(Cl)cc3Cl)o2)c1. The number of aryl methyl sites for hydroxylation is 1. The molecule has 1 aromatic heterocycles. The molecule has 1 N–H and O–H groups in total. The Morgan fingerprint density at radius 3 is 2.80 bits per heavy atom. The standard InChI is InChI=1S/C17H13Cl2N3O3/c1-10-3-2-4-11(7-10)16-21-22-17(25-16)20-15(23)9-24-14-6-5-12(18)8-13(14)19/h2-8H,9H2,1H3,(H,20,22,23). The summed E-state index contributed by atoms with van der Waals surface area (Å²) in [5, 5.41) is 11.0. The summed E-state index contributed by atoms with van der Waals surface area (Å²) in [5.41, 5.74) is 1.84. The molecule has 0 aliphatic carbocycles. The highest BCUT2D eigenvalue weighted by Crippen LogP contribution is 2.27. The first kappa shape index (κ1) is 17.3. The molecule has 1 heterocycles. The van der Waals surface area contributed by atoms with Gasteiger partial charge >= 0.3 is 6.01 Å². The number of amides is 1. The largest absolute Gasteiger partial charge is 0.482 e. The molecular weight excluding hydrogens is 365 g/mol. The van der Waals surface area contributed by atoms with E-state index in [1.165, 1.54) is 6.07 Å². The van der Waals surface area contributed by atoms with Crippen molar-refractivity contribution in [2.24, 2.45) is 0 Å². The zero-order valence-electron chi connectivity index (χ0n) is 13.1. The van der Waals surface area contributed by atoms with Gasteiger partial charge in [0.2, 0.25) is 5.89 Å². The van der Waals surface area contributed by atoms with Crippen LogP contribution in [0.15, 0.2) is 46.9 Å². The molecule has 3 aromatic rings. The Hall–Kier alpha value is -2.57. The molecule has 0 atom stereocenters. The number of anilines is 1. The molecular formula is C17H13Cl2N3O3. The zero-order chi connectivity index (χ0) is 17.8. The number of benzene rings is 2. The van der Waals surface area contributed by atoms with E-state index < -0.39 is 5.91 Å². The van der Waals surface area contributed by atoms with Gasteiger partial charge in [-0.05, 0) is 37.3 Å². The van der Waals surface area contributed by atoms with E-state index in [1.807, 2.05) is 31.2 Å². The van der Waals surface area contributed by atoms with E-state index in [9.17, 15) is 4.79 Å². The van der Waals surface area contributed by atoms with Crippen LogP contribution in [0.5, 0.6) is 5.75 Å². The number of halogens is 2. The molecule has 0 spiro atoms. The van der Waals surface area contributed by atoms with Gasteiger partial charge in [0.25, 0.3) is 5.91 Å². The van der Waals surface area contributed by atoms with Crippen LogP contribution in [-0.2, 0) is 4.79 Å². The van der Waals surface area contributed by atoms with Gasteiger partial charge in [-0.1, -0.05) is 46.0 Å². The van der Waals surface area contributed by atoms with Crippen LogP contribution in [0.3, 0.4) is 0 Å². The minimum atomic E-state index is -0.453. The second-order valence-electron chi connectivity index (χ2n) is 5.19. The Morgan fingerprint density at radius 2 is 2.04 bits per heavy atom. The number of aromatic nitrogens is 2. The number of carbonyl (C=O) groups is 1. The van der Waals surface area contributed by atoms with E-state index in [4.69, 9.17) is 32.4 Å². The Morgan fingerprint density at radius 1 is 1.20 bits per heavy atom. The van der Waals surface area contributed by atoms with E-state index in [1.54, 1.807) is 12.1 Å². The Balaban J connectivity index is 1.60. The van der Waals surface area contributed by atoms with Gasteiger partial charge in [-0.2, -0.15) is 0 Å². The first-order valence-corrected chi connectivity index (χ1v) is 8.05. The molecule has 128 valence electrons. The molecule has 8 heteroatoms. The van der Waals surface area contributed by atoms with Crippen molar-refractivity contribution < 1.29 is 13.9 Å². The van der Waals surface area contributed by atoms with Crippen molar-refractivity contribution >= 4 is 35.1 Å². The molecule has 0 fully saturated rings. The fourth-order valence-electron chi connectivity index (χ4n) is 2.06. The molecule has 0 bridgehead atoms. The van der Waals surface area contributed by atoms with E-state index in [0.717, 1.165) is 11.1 Å². The lowest BCUT2D eigenvalue weighted by molar-refractivity contribution is -0.118. The van der Waals surface area contributed by atoms with Gasteiger partial charge in [-0.15, -0.1) is 5.10 Å². The van der Waals surface area contributed by atoms with Crippen molar-refractivity contribution in [3.05, 3.63) is 58.1 Å². The summed E-state index contributed by atoms with van der Waals surface area (Å²) >= 11 is 11.8. The Bertz CT molecular complexity index is 912. The summed E-state index contributed by atoms with van der Waals surface area (Å²) in [6.07, 6.45) is 0. The number of rotatable bonds is 5. The number of hydrogen-bond acceptors (Lipinski definition) is 5. The van der Waals surface area contributed by atoms with Crippen LogP contribution in [-0.4, -0.2) is 22.7 Å². The van der Waals surface area contributed by atoms with Gasteiger partial charge in [0.15, 0.2) is 6.61 Å². The first-order chi connectivity index (χ1) is 12.0. The second kappa shape index (κ2) is 7.55. The average molecular weight is 378 g/mol. The molecule has 6 nitrogen and oxygen atoms in total. The van der Waals surface area contributed by atoms with E-state index >= 15 is 0 Å². The van der Waals surface area contributed by atoms with Crippen molar-refractivity contribution in [1.82, 2.24) is 10.2 Å². The number of hydrogen-bond donors (Lipinski definition) is 1. The fraction of sp³-hybridized carbons (Fsp3) is 0.118. The smallest absolute Gasteiger partial charge is 0.322 e. The predicted molar refractivity (Wildman–Crippen MR) is 95.1 cm³/mol. The summed E-state index contributed by atoms with van der Waals surface area (Å²) in [5.74, 6) is 0.221. The summed E-state index contributed by atoms with van der Waals surface area (Å²) in [7, 11) is 0. The van der Waals surface area contributed by atoms with E-state index in [2.05, 4.69) is 15.5 Å². The molecule has 0 unspecified atom stereocenters. The van der Waals surface area contributed by atoms with Crippen molar-refractivity contribution in [3.63, 3.8) is 0 Å². The topological polar surface area (TPSA) is 77.2 Å². The number of nitrogens with zero attached hydrogens (tertiary/aromatic N) is 2. The first-order valence-electron chi connectivity index (χ1n) is 7.29. The zero-order valence-corrected chi connectivity index (χ0v) is 14.6. The summed E-state index contributed by atoms with van der Waals surface area (Å²) in [4.78, 5) is 11.9. The summed E-state index contributed by atoms with van der Waals surface area (Å²) in [6.45, 7) is 1.70. The lowest BCUT2D eigenvalue weighted by Crippen LogP contribution is -2.20. The van der Waals surface area contributed by atoms with Crippen molar-refractivity contribution in [1.29, 1.82) is 0 Å². The van der Waals surface area contributed by atoms with Gasteiger partial charge in [0, 0.05) is 10.6 Å². The maximum atomic E-state index is 11.9. The Labute approximate surface area is 153 Å². The molecule has 0 aliphatic rings. The normalized spacial score (nSPS) is 10.5. The highest BCUT2D eigenvalue weighted by molar-refractivity contribution is 6.35. The van der Waals surface area contributed by atoms with Crippen LogP contribution in [0.25, 0.3) is 11.5 Å². The Kier molecular flexibility index (Phi) is 5.21. The minimum Gasteiger partial charge on any atom is -0.482 e. The number of nitrogens with one attached hydrogen (secondary N) is 1. The summed E-state index contributed by atoms with van der Waals surface area (Å²) in [6, 6.07) is 12.3. The van der Waals surface area contributed by atoms with E-state index in [0.29, 0.717) is 21.7 Å². The van der Waals surface area contributed by atoms with Crippen LogP contribution in [0, 0.1) is 6.92 Å². The van der Waals surface area contributed by atoms with Crippen LogP contribution < -0.4 is 10.1 Å².